The van der Waals surface area contributed by atoms with Crippen molar-refractivity contribution >= 4 is 17.7 Å². The van der Waals surface area contributed by atoms with Crippen molar-refractivity contribution in [2.45, 2.75) is 35.2 Å². The second-order valence-corrected chi connectivity index (χ2v) is 5.47. The van der Waals surface area contributed by atoms with Crippen LogP contribution in [0.4, 0.5) is 0 Å². The summed E-state index contributed by atoms with van der Waals surface area (Å²) in [5.41, 5.74) is 4.43. The van der Waals surface area contributed by atoms with Crippen LogP contribution in [-0.4, -0.2) is 31.8 Å². The Morgan fingerprint density at radius 2 is 2.47 bits per heavy atom. The van der Waals surface area contributed by atoms with Crippen LogP contribution in [0.1, 0.15) is 19.3 Å². The molecule has 92 valence electrons. The van der Waals surface area contributed by atoms with Gasteiger partial charge in [-0.2, -0.15) is 0 Å². The number of nitrogens with one attached hydrogen (secondary N) is 1. The summed E-state index contributed by atoms with van der Waals surface area (Å²) in [5.74, 6) is -0.963. The number of rotatable bonds is 3. The fourth-order valence-corrected chi connectivity index (χ4v) is 3.11. The van der Waals surface area contributed by atoms with Crippen LogP contribution in [-0.2, 0) is 4.79 Å². The quantitative estimate of drug-likeness (QED) is 0.665. The number of carbonyl (C=O) groups is 1. The predicted molar refractivity (Wildman–Crippen MR) is 62.9 cm³/mol. The van der Waals surface area contributed by atoms with Gasteiger partial charge in [-0.25, -0.2) is 4.98 Å². The lowest BCUT2D eigenvalue weighted by molar-refractivity contribution is -0.143. The first-order valence-corrected chi connectivity index (χ1v) is 6.12. The third-order valence-electron chi connectivity index (χ3n) is 2.86. The van der Waals surface area contributed by atoms with Gasteiger partial charge in [0.2, 0.25) is 0 Å². The van der Waals surface area contributed by atoms with Gasteiger partial charge >= 0.3 is 5.97 Å². The molecule has 1 aromatic heterocycles. The van der Waals surface area contributed by atoms with Gasteiger partial charge in [0.1, 0.15) is 5.54 Å². The summed E-state index contributed by atoms with van der Waals surface area (Å²) >= 11 is 1.38. The minimum Gasteiger partial charge on any atom is -0.480 e. The molecule has 2 atom stereocenters. The number of aromatic nitrogens is 2. The second kappa shape index (κ2) is 4.50. The molecular formula is C10H13N3O3S. The Hall–Kier alpha value is -1.34. The highest BCUT2D eigenvalue weighted by Crippen LogP contribution is 2.37. The summed E-state index contributed by atoms with van der Waals surface area (Å²) in [6.45, 7) is 0. The number of H-pyrrole nitrogens is 1. The Labute approximate surface area is 102 Å². The minimum absolute atomic E-state index is 0.0849. The summed E-state index contributed by atoms with van der Waals surface area (Å²) in [7, 11) is 0. The number of carboxylic acid groups (broad SMARTS) is 1. The minimum atomic E-state index is -1.13. The van der Waals surface area contributed by atoms with Gasteiger partial charge in [0.15, 0.2) is 5.16 Å². The van der Waals surface area contributed by atoms with Crippen LogP contribution >= 0.6 is 11.8 Å². The van der Waals surface area contributed by atoms with Gasteiger partial charge in [-0.3, -0.25) is 9.59 Å². The van der Waals surface area contributed by atoms with E-state index in [9.17, 15) is 9.59 Å². The van der Waals surface area contributed by atoms with E-state index < -0.39 is 11.5 Å². The zero-order valence-electron chi connectivity index (χ0n) is 9.05. The zero-order valence-corrected chi connectivity index (χ0v) is 9.87. The maximum absolute atomic E-state index is 11.1. The third-order valence-corrected chi connectivity index (χ3v) is 4.02. The first-order valence-electron chi connectivity index (χ1n) is 5.24. The van der Waals surface area contributed by atoms with Crippen LogP contribution in [0.5, 0.6) is 0 Å². The van der Waals surface area contributed by atoms with Gasteiger partial charge in [0.05, 0.1) is 0 Å². The van der Waals surface area contributed by atoms with E-state index in [0.717, 1.165) is 0 Å². The molecule has 0 aliphatic heterocycles. The van der Waals surface area contributed by atoms with Crippen molar-refractivity contribution in [3.8, 4) is 0 Å². The molecule has 1 saturated carbocycles. The highest BCUT2D eigenvalue weighted by Gasteiger charge is 2.42. The molecule has 0 aromatic carbocycles. The summed E-state index contributed by atoms with van der Waals surface area (Å²) in [6.07, 6.45) is 3.00. The number of nitrogens with two attached hydrogens (primary N) is 1. The maximum atomic E-state index is 11.1. The summed E-state index contributed by atoms with van der Waals surface area (Å²) in [6, 6.07) is 1.34. The Morgan fingerprint density at radius 3 is 3.06 bits per heavy atom. The van der Waals surface area contributed by atoms with Crippen LogP contribution in [0.25, 0.3) is 0 Å². The number of hydrogen-bond donors (Lipinski definition) is 3. The van der Waals surface area contributed by atoms with Crippen molar-refractivity contribution in [2.75, 3.05) is 0 Å². The highest BCUT2D eigenvalue weighted by atomic mass is 32.2. The molecule has 4 N–H and O–H groups in total. The number of nitrogens with zero attached hydrogens (tertiary/aromatic N) is 1. The second-order valence-electron chi connectivity index (χ2n) is 4.18. The van der Waals surface area contributed by atoms with Crippen molar-refractivity contribution in [2.24, 2.45) is 5.73 Å². The monoisotopic (exact) mass is 255 g/mol. The SMILES string of the molecule is NC1(C(=O)O)CCC(Sc2nccc(=O)[nH]2)C1. The lowest BCUT2D eigenvalue weighted by Gasteiger charge is -2.17. The van der Waals surface area contributed by atoms with Crippen molar-refractivity contribution in [3.05, 3.63) is 22.6 Å². The molecule has 0 saturated heterocycles. The lowest BCUT2D eigenvalue weighted by atomic mass is 10.0. The van der Waals surface area contributed by atoms with Crippen molar-refractivity contribution in [1.29, 1.82) is 0 Å². The average molecular weight is 255 g/mol. The molecule has 1 fully saturated rings. The Morgan fingerprint density at radius 1 is 1.71 bits per heavy atom. The maximum Gasteiger partial charge on any atom is 0.323 e. The standard InChI is InChI=1S/C10H13N3O3S/c11-10(8(15)16)3-1-6(5-10)17-9-12-4-2-7(14)13-9/h2,4,6H,1,3,5,11H2,(H,15,16)(H,12,13,14). The fraction of sp³-hybridized carbons (Fsp3) is 0.500. The number of carboxylic acids is 1. The molecule has 0 spiro atoms. The molecule has 2 unspecified atom stereocenters. The summed E-state index contributed by atoms with van der Waals surface area (Å²) in [4.78, 5) is 28.7. The van der Waals surface area contributed by atoms with Crippen molar-refractivity contribution < 1.29 is 9.90 Å². The molecule has 6 nitrogen and oxygen atoms in total. The summed E-state index contributed by atoms with van der Waals surface area (Å²) in [5, 5.41) is 9.59. The van der Waals surface area contributed by atoms with Gasteiger partial charge in [0.25, 0.3) is 5.56 Å². The van der Waals surface area contributed by atoms with E-state index >= 15 is 0 Å². The van der Waals surface area contributed by atoms with E-state index in [-0.39, 0.29) is 10.8 Å². The zero-order chi connectivity index (χ0) is 12.5. The third kappa shape index (κ3) is 2.67. The van der Waals surface area contributed by atoms with Crippen molar-refractivity contribution in [3.63, 3.8) is 0 Å². The average Bonchev–Trinajstić information content (AvgIpc) is 2.61. The van der Waals surface area contributed by atoms with Gasteiger partial charge in [-0.05, 0) is 19.3 Å². The summed E-state index contributed by atoms with van der Waals surface area (Å²) < 4.78 is 0. The molecule has 1 aliphatic rings. The highest BCUT2D eigenvalue weighted by molar-refractivity contribution is 7.99. The fourth-order valence-electron chi connectivity index (χ4n) is 1.89. The van der Waals surface area contributed by atoms with Crippen LogP contribution < -0.4 is 11.3 Å². The molecule has 7 heteroatoms. The van der Waals surface area contributed by atoms with Crippen LogP contribution in [0.15, 0.2) is 22.2 Å². The molecule has 0 radical (unpaired) electrons. The Bertz CT molecular complexity index is 490. The smallest absolute Gasteiger partial charge is 0.323 e. The largest absolute Gasteiger partial charge is 0.480 e. The number of aliphatic carboxylic acids is 1. The van der Waals surface area contributed by atoms with Crippen LogP contribution in [0, 0.1) is 0 Å². The molecule has 0 bridgehead atoms. The van der Waals surface area contributed by atoms with Crippen LogP contribution in [0.3, 0.4) is 0 Å². The lowest BCUT2D eigenvalue weighted by Crippen LogP contribution is -2.45. The topological polar surface area (TPSA) is 109 Å². The molecule has 0 amide bonds. The molecule has 17 heavy (non-hydrogen) atoms. The van der Waals surface area contributed by atoms with E-state index in [0.29, 0.717) is 24.4 Å². The Balaban J connectivity index is 2.03. The first kappa shape index (κ1) is 12.1. The number of hydrogen-bond acceptors (Lipinski definition) is 5. The molecule has 2 rings (SSSR count). The first-order chi connectivity index (χ1) is 7.99. The number of thioether (sulfide) groups is 1. The van der Waals surface area contributed by atoms with E-state index in [1.807, 2.05) is 0 Å². The van der Waals surface area contributed by atoms with Gasteiger partial charge in [-0.1, -0.05) is 11.8 Å². The van der Waals surface area contributed by atoms with Gasteiger partial charge in [0, 0.05) is 17.5 Å². The predicted octanol–water partition coefficient (Wildman–Crippen LogP) is 0.197. The van der Waals surface area contributed by atoms with E-state index in [1.54, 1.807) is 0 Å². The van der Waals surface area contributed by atoms with E-state index in [2.05, 4.69) is 9.97 Å². The van der Waals surface area contributed by atoms with Gasteiger partial charge in [-0.15, -0.1) is 0 Å². The normalized spacial score (nSPS) is 28.2. The van der Waals surface area contributed by atoms with E-state index in [1.165, 1.54) is 24.0 Å². The van der Waals surface area contributed by atoms with Crippen LogP contribution in [0.2, 0.25) is 0 Å². The molecule has 1 aromatic rings. The van der Waals surface area contributed by atoms with Crippen molar-refractivity contribution in [1.82, 2.24) is 9.97 Å². The number of aromatic amines is 1. The van der Waals surface area contributed by atoms with Gasteiger partial charge < -0.3 is 15.8 Å². The molecule has 1 aliphatic carbocycles. The van der Waals surface area contributed by atoms with E-state index in [4.69, 9.17) is 10.8 Å². The molecule has 1 heterocycles. The molecular weight excluding hydrogens is 242 g/mol. The Kier molecular flexibility index (Phi) is 3.21.